The van der Waals surface area contributed by atoms with Gasteiger partial charge in [-0.1, -0.05) is 30.3 Å². The highest BCUT2D eigenvalue weighted by Gasteiger charge is 2.43. The molecule has 96 valence electrons. The molecule has 0 aliphatic heterocycles. The third kappa shape index (κ3) is 2.62. The maximum absolute atomic E-state index is 12.7. The number of nitrogens with one attached hydrogen (secondary N) is 1. The van der Waals surface area contributed by atoms with Gasteiger partial charge in [0.15, 0.2) is 0 Å². The molecule has 1 aromatic heterocycles. The molecule has 1 aromatic carbocycles. The molecular formula is C15H13FN2O. The van der Waals surface area contributed by atoms with Crippen LogP contribution >= 0.6 is 0 Å². The quantitative estimate of drug-likeness (QED) is 0.858. The molecule has 0 saturated heterocycles. The summed E-state index contributed by atoms with van der Waals surface area (Å²) in [4.78, 5) is 15.5. The summed E-state index contributed by atoms with van der Waals surface area (Å²) in [5.41, 5.74) is 1.73. The number of amides is 1. The standard InChI is InChI=1S/C15H13FN2O/c16-14-7-6-11(9-17-14)18-15(19)13-8-12(13)10-4-2-1-3-5-10/h1-7,9,12-13H,8H2,(H,18,19). The molecule has 2 unspecified atom stereocenters. The first-order chi connectivity index (χ1) is 9.24. The van der Waals surface area contributed by atoms with Gasteiger partial charge in [-0.25, -0.2) is 4.98 Å². The van der Waals surface area contributed by atoms with Crippen molar-refractivity contribution in [1.82, 2.24) is 4.98 Å². The number of rotatable bonds is 3. The number of benzene rings is 1. The van der Waals surface area contributed by atoms with Crippen molar-refractivity contribution in [3.63, 3.8) is 0 Å². The largest absolute Gasteiger partial charge is 0.324 e. The molecule has 4 heteroatoms. The van der Waals surface area contributed by atoms with Crippen molar-refractivity contribution >= 4 is 11.6 Å². The predicted molar refractivity (Wildman–Crippen MR) is 70.1 cm³/mol. The van der Waals surface area contributed by atoms with Crippen molar-refractivity contribution in [2.75, 3.05) is 5.32 Å². The molecule has 1 fully saturated rings. The summed E-state index contributed by atoms with van der Waals surface area (Å²) >= 11 is 0. The lowest BCUT2D eigenvalue weighted by Crippen LogP contribution is -2.14. The molecule has 3 nitrogen and oxygen atoms in total. The summed E-state index contributed by atoms with van der Waals surface area (Å²) in [5.74, 6) is -0.268. The first-order valence-electron chi connectivity index (χ1n) is 6.21. The van der Waals surface area contributed by atoms with Crippen molar-refractivity contribution in [1.29, 1.82) is 0 Å². The van der Waals surface area contributed by atoms with Crippen LogP contribution in [0.1, 0.15) is 17.9 Å². The Bertz CT molecular complexity index is 583. The maximum atomic E-state index is 12.7. The number of hydrogen-bond donors (Lipinski definition) is 1. The van der Waals surface area contributed by atoms with Crippen LogP contribution in [0.4, 0.5) is 10.1 Å². The van der Waals surface area contributed by atoms with Gasteiger partial charge in [0.1, 0.15) is 0 Å². The van der Waals surface area contributed by atoms with Crippen LogP contribution in [0.2, 0.25) is 0 Å². The SMILES string of the molecule is O=C(Nc1ccc(F)nc1)C1CC1c1ccccc1. The van der Waals surface area contributed by atoms with Gasteiger partial charge in [0.05, 0.1) is 11.9 Å². The molecule has 3 rings (SSSR count). The summed E-state index contributed by atoms with van der Waals surface area (Å²) in [6.07, 6.45) is 2.19. The Morgan fingerprint density at radius 2 is 2.00 bits per heavy atom. The Hall–Kier alpha value is -2.23. The number of nitrogens with zero attached hydrogens (tertiary/aromatic N) is 1. The summed E-state index contributed by atoms with van der Waals surface area (Å²) in [6.45, 7) is 0. The Labute approximate surface area is 110 Å². The molecule has 1 saturated carbocycles. The minimum Gasteiger partial charge on any atom is -0.324 e. The van der Waals surface area contributed by atoms with E-state index in [2.05, 4.69) is 10.3 Å². The van der Waals surface area contributed by atoms with Gasteiger partial charge in [0, 0.05) is 5.92 Å². The van der Waals surface area contributed by atoms with E-state index in [0.29, 0.717) is 11.6 Å². The number of anilines is 1. The van der Waals surface area contributed by atoms with E-state index in [0.717, 1.165) is 6.42 Å². The number of pyridine rings is 1. The zero-order valence-electron chi connectivity index (χ0n) is 10.2. The normalized spacial score (nSPS) is 20.9. The van der Waals surface area contributed by atoms with E-state index in [1.54, 1.807) is 0 Å². The molecule has 19 heavy (non-hydrogen) atoms. The first kappa shape index (κ1) is 11.8. The van der Waals surface area contributed by atoms with Crippen LogP contribution in [0.5, 0.6) is 0 Å². The van der Waals surface area contributed by atoms with E-state index in [-0.39, 0.29) is 11.8 Å². The minimum atomic E-state index is -0.549. The van der Waals surface area contributed by atoms with E-state index < -0.39 is 5.95 Å². The number of aromatic nitrogens is 1. The fraction of sp³-hybridized carbons (Fsp3) is 0.200. The molecule has 0 radical (unpaired) electrons. The van der Waals surface area contributed by atoms with Crippen molar-refractivity contribution in [2.45, 2.75) is 12.3 Å². The van der Waals surface area contributed by atoms with Gasteiger partial charge < -0.3 is 5.32 Å². The molecule has 1 aliphatic rings. The Morgan fingerprint density at radius 1 is 1.21 bits per heavy atom. The molecular weight excluding hydrogens is 243 g/mol. The van der Waals surface area contributed by atoms with E-state index in [9.17, 15) is 9.18 Å². The molecule has 0 spiro atoms. The highest BCUT2D eigenvalue weighted by molar-refractivity contribution is 5.95. The van der Waals surface area contributed by atoms with Crippen LogP contribution in [0, 0.1) is 11.9 Å². The third-order valence-electron chi connectivity index (χ3n) is 3.35. The lowest BCUT2D eigenvalue weighted by atomic mass is 10.1. The van der Waals surface area contributed by atoms with E-state index in [1.807, 2.05) is 30.3 Å². The second-order valence-corrected chi connectivity index (χ2v) is 4.72. The second-order valence-electron chi connectivity index (χ2n) is 4.72. The predicted octanol–water partition coefficient (Wildman–Crippen LogP) is 2.96. The lowest BCUT2D eigenvalue weighted by Gasteiger charge is -2.04. The smallest absolute Gasteiger partial charge is 0.228 e. The highest BCUT2D eigenvalue weighted by Crippen LogP contribution is 2.47. The van der Waals surface area contributed by atoms with E-state index in [4.69, 9.17) is 0 Å². The van der Waals surface area contributed by atoms with Crippen molar-refractivity contribution in [2.24, 2.45) is 5.92 Å². The van der Waals surface area contributed by atoms with Gasteiger partial charge in [-0.3, -0.25) is 4.79 Å². The fourth-order valence-corrected chi connectivity index (χ4v) is 2.24. The topological polar surface area (TPSA) is 42.0 Å². The molecule has 2 atom stereocenters. The Balaban J connectivity index is 1.63. The number of carbonyl (C=O) groups excluding carboxylic acids is 1. The summed E-state index contributed by atoms with van der Waals surface area (Å²) in [5, 5.41) is 2.76. The Morgan fingerprint density at radius 3 is 2.68 bits per heavy atom. The molecule has 1 amide bonds. The van der Waals surface area contributed by atoms with Crippen LogP contribution in [-0.4, -0.2) is 10.9 Å². The zero-order chi connectivity index (χ0) is 13.2. The van der Waals surface area contributed by atoms with E-state index in [1.165, 1.54) is 23.9 Å². The first-order valence-corrected chi connectivity index (χ1v) is 6.21. The lowest BCUT2D eigenvalue weighted by molar-refractivity contribution is -0.117. The average Bonchev–Trinajstić information content (AvgIpc) is 3.23. The van der Waals surface area contributed by atoms with Crippen LogP contribution in [0.25, 0.3) is 0 Å². The van der Waals surface area contributed by atoms with Gasteiger partial charge in [-0.15, -0.1) is 0 Å². The molecule has 1 N–H and O–H groups in total. The number of halogens is 1. The van der Waals surface area contributed by atoms with Gasteiger partial charge in [-0.2, -0.15) is 4.39 Å². The van der Waals surface area contributed by atoms with Gasteiger partial charge >= 0.3 is 0 Å². The average molecular weight is 256 g/mol. The van der Waals surface area contributed by atoms with Gasteiger partial charge in [0.2, 0.25) is 11.9 Å². The fourth-order valence-electron chi connectivity index (χ4n) is 2.24. The van der Waals surface area contributed by atoms with Gasteiger partial charge in [0.25, 0.3) is 0 Å². The molecule has 2 aromatic rings. The monoisotopic (exact) mass is 256 g/mol. The summed E-state index contributed by atoms with van der Waals surface area (Å²) in [7, 11) is 0. The summed E-state index contributed by atoms with van der Waals surface area (Å²) < 4.78 is 12.7. The van der Waals surface area contributed by atoms with Crippen LogP contribution in [-0.2, 0) is 4.79 Å². The van der Waals surface area contributed by atoms with Crippen molar-refractivity contribution in [3.05, 3.63) is 60.2 Å². The molecule has 0 bridgehead atoms. The number of hydrogen-bond acceptors (Lipinski definition) is 2. The van der Waals surface area contributed by atoms with Crippen LogP contribution in [0.15, 0.2) is 48.7 Å². The Kier molecular flexibility index (Phi) is 2.99. The minimum absolute atomic E-state index is 0.00690. The number of carbonyl (C=O) groups is 1. The highest BCUT2D eigenvalue weighted by atomic mass is 19.1. The second kappa shape index (κ2) is 4.80. The zero-order valence-corrected chi connectivity index (χ0v) is 10.2. The third-order valence-corrected chi connectivity index (χ3v) is 3.35. The summed E-state index contributed by atoms with van der Waals surface area (Å²) in [6, 6.07) is 12.7. The van der Waals surface area contributed by atoms with Gasteiger partial charge in [-0.05, 0) is 30.0 Å². The van der Waals surface area contributed by atoms with Crippen molar-refractivity contribution in [3.8, 4) is 0 Å². The molecule has 1 heterocycles. The van der Waals surface area contributed by atoms with Crippen molar-refractivity contribution < 1.29 is 9.18 Å². The van der Waals surface area contributed by atoms with Crippen LogP contribution < -0.4 is 5.32 Å². The maximum Gasteiger partial charge on any atom is 0.228 e. The van der Waals surface area contributed by atoms with Crippen LogP contribution in [0.3, 0.4) is 0 Å². The van der Waals surface area contributed by atoms with E-state index >= 15 is 0 Å². The molecule has 1 aliphatic carbocycles.